The van der Waals surface area contributed by atoms with Crippen LogP contribution in [-0.4, -0.2) is 76.9 Å². The molecule has 9 N–H and O–H groups in total. The number of H-pyrrole nitrogens is 1. The van der Waals surface area contributed by atoms with Crippen molar-refractivity contribution in [3.8, 4) is 0 Å². The smallest absolute Gasteiger partial charge is 0.277 e. The molecule has 2 heterocycles. The molecule has 0 radical (unpaired) electrons. The molecule has 0 saturated carbocycles. The fourth-order valence-corrected chi connectivity index (χ4v) is 3.65. The monoisotopic (exact) mass is 448 g/mol. The van der Waals surface area contributed by atoms with Gasteiger partial charge in [-0.1, -0.05) is 6.08 Å². The first-order valence-electron chi connectivity index (χ1n) is 10.9. The van der Waals surface area contributed by atoms with E-state index < -0.39 is 6.23 Å². The number of carbonyl (C=O) groups excluding carboxylic acids is 1. The lowest BCUT2D eigenvalue weighted by molar-refractivity contribution is -0.117. The van der Waals surface area contributed by atoms with E-state index in [9.17, 15) is 14.7 Å². The minimum absolute atomic E-state index is 0.0244. The zero-order chi connectivity index (χ0) is 22.9. The number of aromatic amines is 1. The molecule has 12 heteroatoms. The van der Waals surface area contributed by atoms with Crippen LogP contribution in [0.1, 0.15) is 32.1 Å². The molecule has 0 aromatic carbocycles. The molecule has 1 aliphatic carbocycles. The van der Waals surface area contributed by atoms with Crippen LogP contribution in [0.25, 0.3) is 0 Å². The lowest BCUT2D eigenvalue weighted by atomic mass is 9.94. The highest BCUT2D eigenvalue weighted by molar-refractivity contribution is 5.93. The largest absolute Gasteiger partial charge is 0.395 e. The zero-order valence-corrected chi connectivity index (χ0v) is 17.9. The maximum atomic E-state index is 12.3. The second-order valence-electron chi connectivity index (χ2n) is 7.88. The van der Waals surface area contributed by atoms with Crippen LogP contribution < -0.4 is 32.6 Å². The topological polar surface area (TPSA) is 190 Å². The number of aromatic nitrogens is 2. The Morgan fingerprint density at radius 3 is 2.97 bits per heavy atom. The van der Waals surface area contributed by atoms with E-state index in [1.807, 2.05) is 6.08 Å². The first-order chi connectivity index (χ1) is 15.5. The molecule has 0 spiro atoms. The first-order valence-corrected chi connectivity index (χ1v) is 10.9. The number of fused-ring (bicyclic) bond motifs is 1. The van der Waals surface area contributed by atoms with Crippen LogP contribution in [-0.2, 0) is 4.79 Å². The summed E-state index contributed by atoms with van der Waals surface area (Å²) < 4.78 is 0. The molecule has 0 fully saturated rings. The zero-order valence-electron chi connectivity index (χ0n) is 17.9. The number of hydrogen-bond acceptors (Lipinski definition) is 10. The first kappa shape index (κ1) is 23.9. The highest BCUT2D eigenvalue weighted by atomic mass is 16.3. The number of rotatable bonds is 11. The van der Waals surface area contributed by atoms with E-state index >= 15 is 0 Å². The summed E-state index contributed by atoms with van der Waals surface area (Å²) in [6.45, 7) is 1.39. The molecule has 1 aromatic heterocycles. The molecule has 0 saturated heterocycles. The molecule has 32 heavy (non-hydrogen) atoms. The summed E-state index contributed by atoms with van der Waals surface area (Å²) in [6, 6.07) is 0.0867. The number of carbonyl (C=O) groups is 1. The molecule has 176 valence electrons. The Hall–Kier alpha value is -2.80. The number of amides is 1. The Kier molecular flexibility index (Phi) is 8.73. The minimum Gasteiger partial charge on any atom is -0.395 e. The Morgan fingerprint density at radius 1 is 1.38 bits per heavy atom. The van der Waals surface area contributed by atoms with E-state index in [2.05, 4.69) is 36.2 Å². The molecular weight excluding hydrogens is 416 g/mol. The number of aliphatic hydroxyl groups is 2. The molecule has 1 amide bonds. The Morgan fingerprint density at radius 2 is 2.22 bits per heavy atom. The van der Waals surface area contributed by atoms with Crippen LogP contribution >= 0.6 is 0 Å². The van der Waals surface area contributed by atoms with Gasteiger partial charge >= 0.3 is 0 Å². The summed E-state index contributed by atoms with van der Waals surface area (Å²) in [5, 5.41) is 30.6. The molecule has 0 bridgehead atoms. The molecule has 1 aromatic rings. The molecular formula is C20H32N8O4. The van der Waals surface area contributed by atoms with Gasteiger partial charge in [0.1, 0.15) is 11.9 Å². The molecule has 1 aliphatic heterocycles. The molecule has 12 nitrogen and oxygen atoms in total. The third-order valence-corrected chi connectivity index (χ3v) is 5.39. The van der Waals surface area contributed by atoms with Gasteiger partial charge in [0.2, 0.25) is 11.9 Å². The maximum absolute atomic E-state index is 12.3. The summed E-state index contributed by atoms with van der Waals surface area (Å²) in [7, 11) is 0. The van der Waals surface area contributed by atoms with Crippen molar-refractivity contribution < 1.29 is 15.0 Å². The number of nitrogen functional groups attached to an aromatic ring is 1. The second kappa shape index (κ2) is 11.7. The normalized spacial score (nSPS) is 20.8. The second-order valence-corrected chi connectivity index (χ2v) is 7.88. The summed E-state index contributed by atoms with van der Waals surface area (Å²) in [6.07, 6.45) is 6.40. The van der Waals surface area contributed by atoms with Gasteiger partial charge in [0.25, 0.3) is 5.56 Å². The number of hydrogen-bond donors (Lipinski definition) is 8. The van der Waals surface area contributed by atoms with Crippen molar-refractivity contribution in [1.82, 2.24) is 25.9 Å². The Balaban J connectivity index is 1.36. The Bertz CT molecular complexity index is 900. The van der Waals surface area contributed by atoms with E-state index in [1.165, 1.54) is 0 Å². The fourth-order valence-electron chi connectivity index (χ4n) is 3.65. The van der Waals surface area contributed by atoms with Crippen LogP contribution in [0.5, 0.6) is 0 Å². The van der Waals surface area contributed by atoms with Gasteiger partial charge in [0.15, 0.2) is 5.82 Å². The third kappa shape index (κ3) is 6.85. The number of nitrogens with one attached hydrogen (secondary N) is 5. The highest BCUT2D eigenvalue weighted by Crippen LogP contribution is 2.22. The number of anilines is 2. The number of aliphatic imine (C=N–C) groups is 1. The standard InChI is InChI=1S/C20H32N8O4/c21-20-27-17-16(19(32)28-20)26-14(11-25-17)10-24-13-5-3-12(4-6-13)18(31)23-7-1-2-15(30)22-8-9-29/h3,11,13-15,22,24,26,29-30H,1-2,4-10H2,(H,23,31)(H3,21,27,28,32)/t13-,14+,15-/m0/s1. The highest BCUT2D eigenvalue weighted by Gasteiger charge is 2.22. The average molecular weight is 449 g/mol. The minimum atomic E-state index is -0.676. The number of nitrogens with two attached hydrogens (primary N) is 1. The van der Waals surface area contributed by atoms with Gasteiger partial charge in [-0.05, 0) is 32.1 Å². The van der Waals surface area contributed by atoms with Crippen LogP contribution in [0.2, 0.25) is 0 Å². The van der Waals surface area contributed by atoms with E-state index in [4.69, 9.17) is 10.8 Å². The summed E-state index contributed by atoms with van der Waals surface area (Å²) in [4.78, 5) is 35.0. The van der Waals surface area contributed by atoms with Crippen LogP contribution in [0, 0.1) is 0 Å². The van der Waals surface area contributed by atoms with Gasteiger partial charge in [0.05, 0.1) is 12.6 Å². The van der Waals surface area contributed by atoms with E-state index in [0.29, 0.717) is 44.6 Å². The van der Waals surface area contributed by atoms with Gasteiger partial charge in [-0.15, -0.1) is 0 Å². The molecule has 3 atom stereocenters. The average Bonchev–Trinajstić information content (AvgIpc) is 2.79. The van der Waals surface area contributed by atoms with Crippen molar-refractivity contribution in [2.45, 2.75) is 50.4 Å². The Labute approximate surface area is 185 Å². The SMILES string of the molecule is Nc1nc2c(c(=O)[nH]1)N[C@H](CN[C@H]1CC=C(C(=O)NCCC[C@H](O)NCCO)CC1)C=N2. The summed E-state index contributed by atoms with van der Waals surface area (Å²) >= 11 is 0. The van der Waals surface area contributed by atoms with Gasteiger partial charge in [-0.3, -0.25) is 19.9 Å². The van der Waals surface area contributed by atoms with Crippen molar-refractivity contribution in [2.24, 2.45) is 4.99 Å². The molecule has 3 rings (SSSR count). The summed E-state index contributed by atoms with van der Waals surface area (Å²) in [5.74, 6) is 0.255. The van der Waals surface area contributed by atoms with E-state index in [0.717, 1.165) is 18.4 Å². The van der Waals surface area contributed by atoms with Crippen molar-refractivity contribution in [3.63, 3.8) is 0 Å². The van der Waals surface area contributed by atoms with Crippen molar-refractivity contribution >= 4 is 29.6 Å². The molecule has 2 aliphatic rings. The van der Waals surface area contributed by atoms with Crippen LogP contribution in [0.15, 0.2) is 21.4 Å². The molecule has 0 unspecified atom stereocenters. The van der Waals surface area contributed by atoms with Crippen molar-refractivity contribution in [1.29, 1.82) is 0 Å². The van der Waals surface area contributed by atoms with Crippen molar-refractivity contribution in [2.75, 3.05) is 37.3 Å². The predicted molar refractivity (Wildman–Crippen MR) is 122 cm³/mol. The van der Waals surface area contributed by atoms with Crippen LogP contribution in [0.4, 0.5) is 17.5 Å². The van der Waals surface area contributed by atoms with Gasteiger partial charge in [-0.2, -0.15) is 4.98 Å². The van der Waals surface area contributed by atoms with Gasteiger partial charge < -0.3 is 31.9 Å². The number of nitrogens with zero attached hydrogens (tertiary/aromatic N) is 2. The van der Waals surface area contributed by atoms with Gasteiger partial charge in [0, 0.05) is 37.5 Å². The number of aliphatic hydroxyl groups excluding tert-OH is 2. The lowest BCUT2D eigenvalue weighted by Crippen LogP contribution is -2.42. The fraction of sp³-hybridized carbons (Fsp3) is 0.600. The third-order valence-electron chi connectivity index (χ3n) is 5.39. The lowest BCUT2D eigenvalue weighted by Gasteiger charge is -2.26. The maximum Gasteiger partial charge on any atom is 0.277 e. The summed E-state index contributed by atoms with van der Waals surface area (Å²) in [5.41, 5.74) is 6.28. The van der Waals surface area contributed by atoms with E-state index in [-0.39, 0.29) is 41.9 Å². The van der Waals surface area contributed by atoms with Crippen molar-refractivity contribution in [3.05, 3.63) is 22.0 Å². The predicted octanol–water partition coefficient (Wildman–Crippen LogP) is -1.29. The quantitative estimate of drug-likeness (QED) is 0.150. The van der Waals surface area contributed by atoms with Crippen LogP contribution in [0.3, 0.4) is 0 Å². The van der Waals surface area contributed by atoms with Gasteiger partial charge in [-0.25, -0.2) is 4.99 Å². The van der Waals surface area contributed by atoms with E-state index in [1.54, 1.807) is 6.21 Å².